The van der Waals surface area contributed by atoms with Crippen LogP contribution in [0.25, 0.3) is 0 Å². The minimum Gasteiger partial charge on any atom is -0.478 e. The van der Waals surface area contributed by atoms with Crippen LogP contribution in [0, 0.1) is 0 Å². The van der Waals surface area contributed by atoms with Gasteiger partial charge < -0.3 is 10.8 Å². The number of carboxylic acid groups (broad SMARTS) is 1. The van der Waals surface area contributed by atoms with Crippen molar-refractivity contribution >= 4 is 39.3 Å². The molecule has 2 aromatic rings. The molecule has 0 aliphatic heterocycles. The first kappa shape index (κ1) is 13.0. The Balaban J connectivity index is 2.24. The monoisotopic (exact) mass is 323 g/mol. The van der Waals surface area contributed by atoms with Crippen molar-refractivity contribution in [3.05, 3.63) is 52.5 Å². The van der Waals surface area contributed by atoms with Crippen LogP contribution in [0.2, 0.25) is 0 Å². The van der Waals surface area contributed by atoms with E-state index >= 15 is 0 Å². The molecule has 0 fully saturated rings. The number of carboxylic acids is 1. The van der Waals surface area contributed by atoms with Gasteiger partial charge in [-0.2, -0.15) is 0 Å². The fraction of sp³-hybridized carbons (Fsp3) is 0. The molecule has 0 unspecified atom stereocenters. The third kappa shape index (κ3) is 3.05. The van der Waals surface area contributed by atoms with Gasteiger partial charge in [-0.1, -0.05) is 27.7 Å². The molecule has 18 heavy (non-hydrogen) atoms. The van der Waals surface area contributed by atoms with E-state index in [0.717, 1.165) is 14.3 Å². The Hall–Kier alpha value is -1.46. The number of carbonyl (C=O) groups is 1. The highest BCUT2D eigenvalue weighted by molar-refractivity contribution is 9.10. The molecule has 0 heterocycles. The van der Waals surface area contributed by atoms with Gasteiger partial charge >= 0.3 is 5.97 Å². The minimum atomic E-state index is -0.970. The van der Waals surface area contributed by atoms with E-state index in [2.05, 4.69) is 15.9 Å². The van der Waals surface area contributed by atoms with Gasteiger partial charge in [-0.3, -0.25) is 0 Å². The number of hydrogen-bond donors (Lipinski definition) is 2. The van der Waals surface area contributed by atoms with Crippen LogP contribution in [0.3, 0.4) is 0 Å². The molecule has 2 aromatic carbocycles. The van der Waals surface area contributed by atoms with Crippen LogP contribution in [0.4, 0.5) is 5.69 Å². The van der Waals surface area contributed by atoms with Crippen molar-refractivity contribution in [2.24, 2.45) is 0 Å². The number of nitrogen functional groups attached to an aromatic ring is 1. The van der Waals surface area contributed by atoms with E-state index in [0.29, 0.717) is 5.69 Å². The van der Waals surface area contributed by atoms with E-state index in [1.54, 1.807) is 12.1 Å². The molecule has 3 nitrogen and oxygen atoms in total. The van der Waals surface area contributed by atoms with Crippen molar-refractivity contribution in [2.45, 2.75) is 9.79 Å². The van der Waals surface area contributed by atoms with Gasteiger partial charge in [-0.05, 0) is 42.5 Å². The molecule has 3 N–H and O–H groups in total. The number of hydrogen-bond acceptors (Lipinski definition) is 3. The summed E-state index contributed by atoms with van der Waals surface area (Å²) < 4.78 is 1.01. The Kier molecular flexibility index (Phi) is 3.93. The average molecular weight is 324 g/mol. The lowest BCUT2D eigenvalue weighted by atomic mass is 10.2. The van der Waals surface area contributed by atoms with Crippen molar-refractivity contribution in [1.29, 1.82) is 0 Å². The fourth-order valence-electron chi connectivity index (χ4n) is 1.40. The molecule has 0 atom stereocenters. The summed E-state index contributed by atoms with van der Waals surface area (Å²) in [6, 6.07) is 12.6. The zero-order chi connectivity index (χ0) is 13.1. The van der Waals surface area contributed by atoms with Crippen LogP contribution in [0.5, 0.6) is 0 Å². The van der Waals surface area contributed by atoms with Crippen LogP contribution in [-0.4, -0.2) is 11.1 Å². The molecule has 0 bridgehead atoms. The van der Waals surface area contributed by atoms with E-state index in [4.69, 9.17) is 10.8 Å². The first-order valence-electron chi connectivity index (χ1n) is 5.12. The van der Waals surface area contributed by atoms with E-state index in [9.17, 15) is 4.79 Å². The van der Waals surface area contributed by atoms with E-state index in [1.165, 1.54) is 17.8 Å². The van der Waals surface area contributed by atoms with Crippen LogP contribution in [0.1, 0.15) is 10.4 Å². The summed E-state index contributed by atoms with van der Waals surface area (Å²) >= 11 is 4.88. The molecule has 0 saturated carbocycles. The number of rotatable bonds is 3. The quantitative estimate of drug-likeness (QED) is 0.841. The minimum absolute atomic E-state index is 0.202. The molecule has 5 heteroatoms. The van der Waals surface area contributed by atoms with Gasteiger partial charge in [0.15, 0.2) is 0 Å². The van der Waals surface area contributed by atoms with Crippen molar-refractivity contribution < 1.29 is 9.90 Å². The van der Waals surface area contributed by atoms with Gasteiger partial charge in [0, 0.05) is 20.0 Å². The average Bonchev–Trinajstić information content (AvgIpc) is 2.34. The third-order valence-electron chi connectivity index (χ3n) is 2.30. The Morgan fingerprint density at radius 2 is 1.83 bits per heavy atom. The third-order valence-corrected chi connectivity index (χ3v) is 3.93. The second-order valence-electron chi connectivity index (χ2n) is 3.61. The molecule has 92 valence electrons. The van der Waals surface area contributed by atoms with E-state index in [-0.39, 0.29) is 5.56 Å². The van der Waals surface area contributed by atoms with Crippen LogP contribution >= 0.6 is 27.7 Å². The lowest BCUT2D eigenvalue weighted by Gasteiger charge is -2.06. The summed E-state index contributed by atoms with van der Waals surface area (Å²) in [5.74, 6) is -0.970. The second kappa shape index (κ2) is 5.46. The molecular formula is C13H10BrNO2S. The maximum absolute atomic E-state index is 10.8. The van der Waals surface area contributed by atoms with Crippen molar-refractivity contribution in [2.75, 3.05) is 5.73 Å². The molecule has 0 aromatic heterocycles. The lowest BCUT2D eigenvalue weighted by molar-refractivity contribution is 0.0697. The number of aromatic carboxylic acids is 1. The summed E-state index contributed by atoms with van der Waals surface area (Å²) in [5, 5.41) is 8.85. The van der Waals surface area contributed by atoms with Crippen LogP contribution in [-0.2, 0) is 0 Å². The second-order valence-corrected chi connectivity index (χ2v) is 5.64. The molecule has 2 rings (SSSR count). The highest BCUT2D eigenvalue weighted by Crippen LogP contribution is 2.33. The fourth-order valence-corrected chi connectivity index (χ4v) is 2.51. The highest BCUT2D eigenvalue weighted by atomic mass is 79.9. The largest absolute Gasteiger partial charge is 0.478 e. The standard InChI is InChI=1S/C13H10BrNO2S/c14-9-2-4-10(5-3-9)18-12-6-1-8(13(16)17)7-11(12)15/h1-7H,15H2,(H,16,17). The van der Waals surface area contributed by atoms with Gasteiger partial charge in [0.2, 0.25) is 0 Å². The zero-order valence-electron chi connectivity index (χ0n) is 9.26. The number of halogens is 1. The van der Waals surface area contributed by atoms with Crippen LogP contribution in [0.15, 0.2) is 56.7 Å². The normalized spacial score (nSPS) is 10.3. The molecule has 0 amide bonds. The smallest absolute Gasteiger partial charge is 0.335 e. The summed E-state index contributed by atoms with van der Waals surface area (Å²) in [7, 11) is 0. The molecule has 0 saturated heterocycles. The number of benzene rings is 2. The Morgan fingerprint density at radius 1 is 1.17 bits per heavy atom. The van der Waals surface area contributed by atoms with Crippen molar-refractivity contribution in [3.8, 4) is 0 Å². The lowest BCUT2D eigenvalue weighted by Crippen LogP contribution is -1.98. The summed E-state index contributed by atoms with van der Waals surface area (Å²) in [6.45, 7) is 0. The van der Waals surface area contributed by atoms with Crippen molar-refractivity contribution in [1.82, 2.24) is 0 Å². The summed E-state index contributed by atoms with van der Waals surface area (Å²) in [6.07, 6.45) is 0. The van der Waals surface area contributed by atoms with E-state index < -0.39 is 5.97 Å². The van der Waals surface area contributed by atoms with E-state index in [1.807, 2.05) is 24.3 Å². The SMILES string of the molecule is Nc1cc(C(=O)O)ccc1Sc1ccc(Br)cc1. The predicted molar refractivity (Wildman–Crippen MR) is 76.1 cm³/mol. The topological polar surface area (TPSA) is 63.3 Å². The van der Waals surface area contributed by atoms with Gasteiger partial charge in [-0.15, -0.1) is 0 Å². The van der Waals surface area contributed by atoms with Gasteiger partial charge in [0.05, 0.1) is 5.56 Å². The number of anilines is 1. The first-order valence-corrected chi connectivity index (χ1v) is 6.73. The molecule has 0 radical (unpaired) electrons. The zero-order valence-corrected chi connectivity index (χ0v) is 11.7. The van der Waals surface area contributed by atoms with Crippen molar-refractivity contribution in [3.63, 3.8) is 0 Å². The van der Waals surface area contributed by atoms with Gasteiger partial charge in [0.1, 0.15) is 0 Å². The Bertz CT molecular complexity index is 584. The van der Waals surface area contributed by atoms with Crippen LogP contribution < -0.4 is 5.73 Å². The Labute approximate surface area is 117 Å². The maximum Gasteiger partial charge on any atom is 0.335 e. The maximum atomic E-state index is 10.8. The first-order chi connectivity index (χ1) is 8.56. The highest BCUT2D eigenvalue weighted by Gasteiger charge is 2.07. The van der Waals surface area contributed by atoms with Gasteiger partial charge in [0.25, 0.3) is 0 Å². The molecule has 0 spiro atoms. The molecule has 0 aliphatic carbocycles. The predicted octanol–water partition coefficient (Wildman–Crippen LogP) is 3.88. The molecular weight excluding hydrogens is 314 g/mol. The number of nitrogens with two attached hydrogens (primary N) is 1. The summed E-state index contributed by atoms with van der Waals surface area (Å²) in [4.78, 5) is 12.7. The summed E-state index contributed by atoms with van der Waals surface area (Å²) in [5.41, 5.74) is 6.52. The molecule has 0 aliphatic rings. The Morgan fingerprint density at radius 3 is 2.39 bits per heavy atom. The van der Waals surface area contributed by atoms with Gasteiger partial charge in [-0.25, -0.2) is 4.79 Å².